The summed E-state index contributed by atoms with van der Waals surface area (Å²) in [4.78, 5) is 41.0. The van der Waals surface area contributed by atoms with E-state index in [1.165, 1.54) is 0 Å². The number of piperidine rings is 1. The molecule has 0 spiro atoms. The van der Waals surface area contributed by atoms with Crippen LogP contribution in [0.1, 0.15) is 33.7 Å². The van der Waals surface area contributed by atoms with Crippen molar-refractivity contribution < 1.29 is 14.4 Å². The van der Waals surface area contributed by atoms with Crippen LogP contribution in [0.5, 0.6) is 0 Å². The van der Waals surface area contributed by atoms with Crippen LogP contribution < -0.4 is 10.9 Å². The topological polar surface area (TPSA) is 94.3 Å². The van der Waals surface area contributed by atoms with E-state index in [9.17, 15) is 14.4 Å². The Labute approximate surface area is 159 Å². The van der Waals surface area contributed by atoms with Gasteiger partial charge in [-0.25, -0.2) is 0 Å². The molecule has 0 saturated carbocycles. The number of likely N-dealkylation sites (tertiary alicyclic amines) is 1. The molecule has 3 N–H and O–H groups in total. The van der Waals surface area contributed by atoms with Crippen LogP contribution in [0.2, 0.25) is 0 Å². The van der Waals surface area contributed by atoms with Gasteiger partial charge in [-0.1, -0.05) is 15.9 Å². The number of hydrogen-bond acceptors (Lipinski definition) is 3. The minimum absolute atomic E-state index is 0.0311. The predicted molar refractivity (Wildman–Crippen MR) is 99.2 cm³/mol. The summed E-state index contributed by atoms with van der Waals surface area (Å²) in [5.41, 5.74) is 5.86. The van der Waals surface area contributed by atoms with E-state index < -0.39 is 5.91 Å². The molecule has 2 heterocycles. The van der Waals surface area contributed by atoms with Gasteiger partial charge in [-0.3, -0.25) is 25.2 Å². The minimum atomic E-state index is -0.397. The number of rotatable bonds is 3. The summed E-state index contributed by atoms with van der Waals surface area (Å²) in [6.07, 6.45) is 2.76. The Morgan fingerprint density at radius 3 is 2.35 bits per heavy atom. The zero-order valence-electron chi connectivity index (χ0n) is 14.0. The first-order chi connectivity index (χ1) is 12.5. The minimum Gasteiger partial charge on any atom is -0.357 e. The maximum Gasteiger partial charge on any atom is 0.286 e. The molecule has 3 amide bonds. The number of halogens is 1. The first-order valence-corrected chi connectivity index (χ1v) is 9.12. The van der Waals surface area contributed by atoms with Crippen molar-refractivity contribution in [1.82, 2.24) is 20.7 Å². The van der Waals surface area contributed by atoms with Crippen LogP contribution in [0.3, 0.4) is 0 Å². The number of hydrogen-bond donors (Lipinski definition) is 3. The molecule has 0 unspecified atom stereocenters. The van der Waals surface area contributed by atoms with Crippen molar-refractivity contribution in [3.8, 4) is 0 Å². The monoisotopic (exact) mass is 418 g/mol. The molecule has 2 aromatic rings. The van der Waals surface area contributed by atoms with Gasteiger partial charge < -0.3 is 9.88 Å². The fraction of sp³-hybridized carbons (Fsp3) is 0.278. The third-order valence-corrected chi connectivity index (χ3v) is 4.91. The molecule has 1 aliphatic heterocycles. The standard InChI is InChI=1S/C18H19BrN4O3/c19-14-5-3-13(4-6-14)18(26)23-10-7-12(8-11-23)16(24)21-22-17(25)15-2-1-9-20-15/h1-6,9,12,20H,7-8,10-11H2,(H,21,24)(H,22,25). The summed E-state index contributed by atoms with van der Waals surface area (Å²) in [6, 6.07) is 10.5. The highest BCUT2D eigenvalue weighted by molar-refractivity contribution is 9.10. The fourth-order valence-electron chi connectivity index (χ4n) is 2.88. The second-order valence-electron chi connectivity index (χ2n) is 6.10. The predicted octanol–water partition coefficient (Wildman–Crippen LogP) is 2.09. The van der Waals surface area contributed by atoms with Crippen molar-refractivity contribution in [3.63, 3.8) is 0 Å². The van der Waals surface area contributed by atoms with Crippen molar-refractivity contribution in [2.45, 2.75) is 12.8 Å². The second-order valence-corrected chi connectivity index (χ2v) is 7.02. The summed E-state index contributed by atoms with van der Waals surface area (Å²) in [5, 5.41) is 0. The zero-order chi connectivity index (χ0) is 18.5. The quantitative estimate of drug-likeness (QED) is 0.666. The van der Waals surface area contributed by atoms with E-state index in [0.29, 0.717) is 37.2 Å². The summed E-state index contributed by atoms with van der Waals surface area (Å²) in [5.74, 6) is -0.892. The lowest BCUT2D eigenvalue weighted by atomic mass is 9.95. The lowest BCUT2D eigenvalue weighted by molar-refractivity contribution is -0.127. The molecule has 1 aromatic heterocycles. The molecule has 136 valence electrons. The van der Waals surface area contributed by atoms with Crippen LogP contribution in [-0.2, 0) is 4.79 Å². The van der Waals surface area contributed by atoms with E-state index in [4.69, 9.17) is 0 Å². The van der Waals surface area contributed by atoms with E-state index in [0.717, 1.165) is 4.47 Å². The number of carbonyl (C=O) groups is 3. The van der Waals surface area contributed by atoms with E-state index >= 15 is 0 Å². The van der Waals surface area contributed by atoms with Crippen molar-refractivity contribution in [2.24, 2.45) is 5.92 Å². The van der Waals surface area contributed by atoms with E-state index in [-0.39, 0.29) is 17.7 Å². The van der Waals surface area contributed by atoms with Gasteiger partial charge in [0.2, 0.25) is 5.91 Å². The molecule has 1 aromatic carbocycles. The third kappa shape index (κ3) is 4.32. The van der Waals surface area contributed by atoms with Gasteiger partial charge in [0.15, 0.2) is 0 Å². The van der Waals surface area contributed by atoms with Crippen LogP contribution in [0.25, 0.3) is 0 Å². The Hall–Kier alpha value is -2.61. The van der Waals surface area contributed by atoms with Gasteiger partial charge in [-0.15, -0.1) is 0 Å². The number of aromatic amines is 1. The van der Waals surface area contributed by atoms with E-state index in [1.807, 2.05) is 12.1 Å². The van der Waals surface area contributed by atoms with Crippen molar-refractivity contribution in [2.75, 3.05) is 13.1 Å². The maximum atomic E-state index is 12.5. The number of nitrogens with one attached hydrogen (secondary N) is 3. The molecule has 0 radical (unpaired) electrons. The van der Waals surface area contributed by atoms with Gasteiger partial charge in [0, 0.05) is 35.2 Å². The first kappa shape index (κ1) is 18.2. The Morgan fingerprint density at radius 1 is 1.04 bits per heavy atom. The summed E-state index contributed by atoms with van der Waals surface area (Å²) in [7, 11) is 0. The Morgan fingerprint density at radius 2 is 1.73 bits per heavy atom. The molecule has 3 rings (SSSR count). The lowest BCUT2D eigenvalue weighted by Gasteiger charge is -2.31. The molecule has 0 aliphatic carbocycles. The van der Waals surface area contributed by atoms with Crippen LogP contribution in [0.15, 0.2) is 47.1 Å². The highest BCUT2D eigenvalue weighted by Gasteiger charge is 2.28. The molecule has 8 heteroatoms. The number of carbonyl (C=O) groups excluding carboxylic acids is 3. The largest absolute Gasteiger partial charge is 0.357 e. The molecule has 7 nitrogen and oxygen atoms in total. The molecule has 1 saturated heterocycles. The van der Waals surface area contributed by atoms with Gasteiger partial charge in [0.25, 0.3) is 11.8 Å². The third-order valence-electron chi connectivity index (χ3n) is 4.39. The number of hydrazine groups is 1. The average molecular weight is 419 g/mol. The van der Waals surface area contributed by atoms with Gasteiger partial charge >= 0.3 is 0 Å². The van der Waals surface area contributed by atoms with Gasteiger partial charge in [-0.2, -0.15) is 0 Å². The summed E-state index contributed by atoms with van der Waals surface area (Å²) < 4.78 is 0.922. The van der Waals surface area contributed by atoms with Crippen molar-refractivity contribution in [3.05, 3.63) is 58.3 Å². The molecular formula is C18H19BrN4O3. The number of nitrogens with zero attached hydrogens (tertiary/aromatic N) is 1. The second kappa shape index (κ2) is 8.18. The van der Waals surface area contributed by atoms with Crippen LogP contribution >= 0.6 is 15.9 Å². The number of amides is 3. The van der Waals surface area contributed by atoms with E-state index in [2.05, 4.69) is 31.8 Å². The van der Waals surface area contributed by atoms with Crippen LogP contribution in [-0.4, -0.2) is 40.7 Å². The van der Waals surface area contributed by atoms with Crippen LogP contribution in [0, 0.1) is 5.92 Å². The van der Waals surface area contributed by atoms with Crippen molar-refractivity contribution in [1.29, 1.82) is 0 Å². The van der Waals surface area contributed by atoms with Gasteiger partial charge in [0.05, 0.1) is 0 Å². The smallest absolute Gasteiger partial charge is 0.286 e. The van der Waals surface area contributed by atoms with Gasteiger partial charge in [0.1, 0.15) is 5.69 Å². The molecule has 0 bridgehead atoms. The Balaban J connectivity index is 1.47. The van der Waals surface area contributed by atoms with Gasteiger partial charge in [-0.05, 0) is 49.2 Å². The zero-order valence-corrected chi connectivity index (χ0v) is 15.6. The highest BCUT2D eigenvalue weighted by atomic mass is 79.9. The number of H-pyrrole nitrogens is 1. The lowest BCUT2D eigenvalue weighted by Crippen LogP contribution is -2.48. The average Bonchev–Trinajstić information content (AvgIpc) is 3.21. The highest BCUT2D eigenvalue weighted by Crippen LogP contribution is 2.20. The van der Waals surface area contributed by atoms with Crippen molar-refractivity contribution >= 4 is 33.7 Å². The molecule has 1 aliphatic rings. The molecular weight excluding hydrogens is 400 g/mol. The maximum absolute atomic E-state index is 12.5. The SMILES string of the molecule is O=C(NNC(=O)C1CCN(C(=O)c2ccc(Br)cc2)CC1)c1ccc[nH]1. The fourth-order valence-corrected chi connectivity index (χ4v) is 3.14. The summed E-state index contributed by atoms with van der Waals surface area (Å²) >= 11 is 3.35. The number of aromatic nitrogens is 1. The van der Waals surface area contributed by atoms with Crippen LogP contribution in [0.4, 0.5) is 0 Å². The Bertz CT molecular complexity index is 781. The molecule has 0 atom stereocenters. The van der Waals surface area contributed by atoms with E-state index in [1.54, 1.807) is 35.4 Å². The Kier molecular flexibility index (Phi) is 5.72. The normalized spacial score (nSPS) is 14.7. The number of benzene rings is 1. The first-order valence-electron chi connectivity index (χ1n) is 8.33. The molecule has 1 fully saturated rings. The summed E-state index contributed by atoms with van der Waals surface area (Å²) in [6.45, 7) is 1.02. The molecule has 26 heavy (non-hydrogen) atoms.